The number of likely N-dealkylation sites (tertiary alicyclic amines) is 1. The van der Waals surface area contributed by atoms with Gasteiger partial charge in [-0.3, -0.25) is 4.90 Å². The summed E-state index contributed by atoms with van der Waals surface area (Å²) < 4.78 is 81.3. The molecule has 1 atom stereocenters. The first-order valence-corrected chi connectivity index (χ1v) is 13.0. The first-order valence-electron chi connectivity index (χ1n) is 13.0. The second-order valence-corrected chi connectivity index (χ2v) is 10.1. The number of piperazine rings is 1. The first-order chi connectivity index (χ1) is 18.5. The van der Waals surface area contributed by atoms with Crippen LogP contribution in [0.1, 0.15) is 31.7 Å². The molecule has 0 radical (unpaired) electrons. The molecule has 2 aromatic carbocycles. The molecule has 0 unspecified atom stereocenters. The Kier molecular flexibility index (Phi) is 9.14. The van der Waals surface area contributed by atoms with Gasteiger partial charge in [0, 0.05) is 56.6 Å². The number of nitrogens with zero attached hydrogens (tertiary/aromatic N) is 3. The van der Waals surface area contributed by atoms with Gasteiger partial charge in [0.1, 0.15) is 5.75 Å². The molecule has 0 aliphatic carbocycles. The maximum absolute atomic E-state index is 13.6. The molecule has 2 aliphatic heterocycles. The van der Waals surface area contributed by atoms with Crippen LogP contribution in [0.2, 0.25) is 0 Å². The highest BCUT2D eigenvalue weighted by Gasteiger charge is 2.31. The maximum atomic E-state index is 13.6. The quantitative estimate of drug-likeness (QED) is 0.359. The molecule has 4 rings (SSSR count). The van der Waals surface area contributed by atoms with Crippen molar-refractivity contribution in [1.82, 2.24) is 15.1 Å². The number of carbonyl (C=O) groups is 1. The lowest BCUT2D eigenvalue weighted by atomic mass is 9.93. The van der Waals surface area contributed by atoms with E-state index in [1.54, 1.807) is 21.9 Å². The zero-order chi connectivity index (χ0) is 28.2. The molecule has 0 bridgehead atoms. The van der Waals surface area contributed by atoms with Crippen LogP contribution in [0.4, 0.5) is 36.8 Å². The highest BCUT2D eigenvalue weighted by atomic mass is 19.4. The number of alkyl halides is 3. The maximum Gasteiger partial charge on any atom is 0.573 e. The van der Waals surface area contributed by atoms with Crippen LogP contribution in [0.25, 0.3) is 0 Å². The lowest BCUT2D eigenvalue weighted by Crippen LogP contribution is -2.56. The number of halogens is 6. The Hall–Kier alpha value is -3.15. The highest BCUT2D eigenvalue weighted by molar-refractivity contribution is 5.75. The van der Waals surface area contributed by atoms with Crippen LogP contribution in [0.3, 0.4) is 0 Å². The molecule has 2 heterocycles. The minimum Gasteiger partial charge on any atom is -0.406 e. The van der Waals surface area contributed by atoms with Crippen LogP contribution in [-0.2, 0) is 6.54 Å². The molecule has 0 saturated carbocycles. The number of piperidine rings is 1. The highest BCUT2D eigenvalue weighted by Crippen LogP contribution is 2.26. The van der Waals surface area contributed by atoms with Gasteiger partial charge in [-0.05, 0) is 62.9 Å². The first kappa shape index (κ1) is 28.8. The molecule has 6 nitrogen and oxygen atoms in total. The third-order valence-electron chi connectivity index (χ3n) is 7.32. The lowest BCUT2D eigenvalue weighted by Gasteiger charge is -2.41. The van der Waals surface area contributed by atoms with E-state index in [1.807, 2.05) is 6.92 Å². The largest absolute Gasteiger partial charge is 0.573 e. The summed E-state index contributed by atoms with van der Waals surface area (Å²) in [6.45, 7) is 5.88. The van der Waals surface area contributed by atoms with E-state index in [0.717, 1.165) is 50.0 Å². The zero-order valence-electron chi connectivity index (χ0n) is 21.6. The van der Waals surface area contributed by atoms with E-state index < -0.39 is 23.8 Å². The summed E-state index contributed by atoms with van der Waals surface area (Å²) in [7, 11) is 0. The second-order valence-electron chi connectivity index (χ2n) is 10.1. The Balaban J connectivity index is 1.15. The number of urea groups is 1. The predicted octanol–water partition coefficient (Wildman–Crippen LogP) is 5.52. The van der Waals surface area contributed by atoms with Crippen LogP contribution < -0.4 is 15.0 Å². The number of carbonyl (C=O) groups excluding carboxylic acids is 1. The molecular weight excluding hydrogens is 526 g/mol. The van der Waals surface area contributed by atoms with E-state index in [2.05, 4.69) is 15.0 Å². The van der Waals surface area contributed by atoms with Crippen molar-refractivity contribution in [3.05, 3.63) is 59.4 Å². The standard InChI is InChI=1S/C27H32F6N4O2/c1-18-16-36(21-14-23(28)25(30)24(29)15-21)12-13-37(18)26(38)34-9-6-19-7-10-35(11-8-19)17-20-2-4-22(5-3-20)39-27(31,32)33/h2-5,14-15,18-19H,6-13,16-17H2,1H3,(H,34,38)/t18-/m1/s1. The van der Waals surface area contributed by atoms with E-state index in [4.69, 9.17) is 0 Å². The van der Waals surface area contributed by atoms with Gasteiger partial charge < -0.3 is 19.9 Å². The molecule has 2 amide bonds. The molecular formula is C27H32F6N4O2. The van der Waals surface area contributed by atoms with Crippen LogP contribution in [0.15, 0.2) is 36.4 Å². The number of amides is 2. The van der Waals surface area contributed by atoms with Gasteiger partial charge >= 0.3 is 12.4 Å². The average Bonchev–Trinajstić information content (AvgIpc) is 2.88. The van der Waals surface area contributed by atoms with Gasteiger partial charge in [0.25, 0.3) is 0 Å². The number of anilines is 1. The van der Waals surface area contributed by atoms with Crippen molar-refractivity contribution >= 4 is 11.7 Å². The summed E-state index contributed by atoms with van der Waals surface area (Å²) in [5, 5.41) is 2.98. The summed E-state index contributed by atoms with van der Waals surface area (Å²) in [5.41, 5.74) is 1.16. The van der Waals surface area contributed by atoms with Gasteiger partial charge in [-0.1, -0.05) is 12.1 Å². The van der Waals surface area contributed by atoms with Crippen molar-refractivity contribution in [2.75, 3.05) is 44.2 Å². The Morgan fingerprint density at radius 2 is 1.64 bits per heavy atom. The smallest absolute Gasteiger partial charge is 0.406 e. The zero-order valence-corrected chi connectivity index (χ0v) is 21.6. The van der Waals surface area contributed by atoms with Gasteiger partial charge in [-0.2, -0.15) is 0 Å². The van der Waals surface area contributed by atoms with E-state index in [-0.39, 0.29) is 23.5 Å². The van der Waals surface area contributed by atoms with Crippen LogP contribution >= 0.6 is 0 Å². The summed E-state index contributed by atoms with van der Waals surface area (Å²) in [4.78, 5) is 18.4. The van der Waals surface area contributed by atoms with Gasteiger partial charge in [-0.25, -0.2) is 18.0 Å². The van der Waals surface area contributed by atoms with Crippen molar-refractivity contribution in [1.29, 1.82) is 0 Å². The third kappa shape index (κ3) is 7.93. The Morgan fingerprint density at radius 3 is 2.23 bits per heavy atom. The number of hydrogen-bond acceptors (Lipinski definition) is 4. The fourth-order valence-corrected chi connectivity index (χ4v) is 5.19. The normalized spacial score (nSPS) is 19.3. The summed E-state index contributed by atoms with van der Waals surface area (Å²) in [6, 6.07) is 7.47. The molecule has 2 fully saturated rings. The van der Waals surface area contributed by atoms with E-state index in [1.165, 1.54) is 12.1 Å². The number of rotatable bonds is 7. The number of nitrogens with one attached hydrogen (secondary N) is 1. The minimum absolute atomic E-state index is 0.186. The van der Waals surface area contributed by atoms with E-state index >= 15 is 0 Å². The van der Waals surface area contributed by atoms with Crippen molar-refractivity contribution < 1.29 is 35.9 Å². The summed E-state index contributed by atoms with van der Waals surface area (Å²) >= 11 is 0. The average molecular weight is 559 g/mol. The van der Waals surface area contributed by atoms with Crippen molar-refractivity contribution in [3.8, 4) is 5.75 Å². The molecule has 214 valence electrons. The number of benzene rings is 2. The van der Waals surface area contributed by atoms with Gasteiger partial charge in [0.2, 0.25) is 0 Å². The molecule has 2 aliphatic rings. The second kappa shape index (κ2) is 12.4. The Labute approximate surface area is 223 Å². The van der Waals surface area contributed by atoms with E-state index in [9.17, 15) is 31.1 Å². The fourth-order valence-electron chi connectivity index (χ4n) is 5.19. The molecule has 12 heteroatoms. The van der Waals surface area contributed by atoms with Gasteiger partial charge in [0.15, 0.2) is 17.5 Å². The SMILES string of the molecule is C[C@@H]1CN(c2cc(F)c(F)c(F)c2)CCN1C(=O)NCCC1CCN(Cc2ccc(OC(F)(F)F)cc2)CC1. The number of ether oxygens (including phenoxy) is 1. The summed E-state index contributed by atoms with van der Waals surface area (Å²) in [6.07, 6.45) is -1.94. The predicted molar refractivity (Wildman–Crippen MR) is 134 cm³/mol. The topological polar surface area (TPSA) is 48.0 Å². The fraction of sp³-hybridized carbons (Fsp3) is 0.519. The Morgan fingerprint density at radius 1 is 1.00 bits per heavy atom. The molecule has 1 N–H and O–H groups in total. The van der Waals surface area contributed by atoms with Crippen molar-refractivity contribution in [2.45, 2.75) is 45.1 Å². The molecule has 0 aromatic heterocycles. The molecule has 0 spiro atoms. The number of hydrogen-bond donors (Lipinski definition) is 1. The van der Waals surface area contributed by atoms with Gasteiger partial charge in [-0.15, -0.1) is 13.2 Å². The lowest BCUT2D eigenvalue weighted by molar-refractivity contribution is -0.274. The van der Waals surface area contributed by atoms with Crippen molar-refractivity contribution in [2.24, 2.45) is 5.92 Å². The minimum atomic E-state index is -4.70. The van der Waals surface area contributed by atoms with Crippen molar-refractivity contribution in [3.63, 3.8) is 0 Å². The monoisotopic (exact) mass is 558 g/mol. The van der Waals surface area contributed by atoms with Gasteiger partial charge in [0.05, 0.1) is 0 Å². The van der Waals surface area contributed by atoms with Crippen LogP contribution in [-0.4, -0.2) is 67.5 Å². The molecule has 39 heavy (non-hydrogen) atoms. The van der Waals surface area contributed by atoms with Crippen LogP contribution in [0.5, 0.6) is 5.75 Å². The third-order valence-corrected chi connectivity index (χ3v) is 7.32. The summed E-state index contributed by atoms with van der Waals surface area (Å²) in [5.74, 6) is -3.75. The van der Waals surface area contributed by atoms with E-state index in [0.29, 0.717) is 38.6 Å². The van der Waals surface area contributed by atoms with Crippen LogP contribution in [0, 0.1) is 23.4 Å². The Bertz CT molecular complexity index is 1100. The molecule has 2 saturated heterocycles. The molecule has 2 aromatic rings.